The van der Waals surface area contributed by atoms with Crippen LogP contribution in [0, 0.1) is 0 Å². The van der Waals surface area contributed by atoms with Crippen LogP contribution in [0.15, 0.2) is 12.3 Å². The Hall–Kier alpha value is -0.540. The van der Waals surface area contributed by atoms with Gasteiger partial charge in [-0.25, -0.2) is 0 Å². The van der Waals surface area contributed by atoms with Gasteiger partial charge in [-0.2, -0.15) is 0 Å². The first kappa shape index (κ1) is 7.57. The highest BCUT2D eigenvalue weighted by Gasteiger charge is 2.05. The van der Waals surface area contributed by atoms with Gasteiger partial charge in [0.1, 0.15) is 0 Å². The van der Waals surface area contributed by atoms with Gasteiger partial charge in [0.25, 0.3) is 0 Å². The Bertz CT molecular complexity index is 114. The molecule has 1 rings (SSSR count). The van der Waals surface area contributed by atoms with Crippen molar-refractivity contribution in [1.29, 1.82) is 0 Å². The van der Waals surface area contributed by atoms with E-state index in [1.54, 1.807) is 0 Å². The molecule has 1 unspecified atom stereocenters. The first-order chi connectivity index (χ1) is 4.93. The molecule has 1 aliphatic rings. The Morgan fingerprint density at radius 3 is 3.20 bits per heavy atom. The number of nitrogens with one attached hydrogen (secondary N) is 2. The molecule has 0 aromatic carbocycles. The van der Waals surface area contributed by atoms with Crippen molar-refractivity contribution in [2.45, 2.75) is 19.0 Å². The van der Waals surface area contributed by atoms with Crippen molar-refractivity contribution >= 4 is 0 Å². The van der Waals surface area contributed by atoms with Crippen molar-refractivity contribution in [1.82, 2.24) is 10.6 Å². The second-order valence-corrected chi connectivity index (χ2v) is 2.38. The van der Waals surface area contributed by atoms with Gasteiger partial charge in [-0.05, 0) is 19.0 Å². The maximum atomic E-state index is 8.49. The van der Waals surface area contributed by atoms with E-state index in [0.717, 1.165) is 12.8 Å². The summed E-state index contributed by atoms with van der Waals surface area (Å²) >= 11 is 0. The lowest BCUT2D eigenvalue weighted by Crippen LogP contribution is -2.42. The number of aliphatic hydroxyl groups excluding tert-OH is 1. The molecule has 0 aliphatic carbocycles. The summed E-state index contributed by atoms with van der Waals surface area (Å²) in [6, 6.07) is 0. The van der Waals surface area contributed by atoms with Crippen molar-refractivity contribution in [3.63, 3.8) is 0 Å². The molecule has 3 heteroatoms. The Balaban J connectivity index is 2.10. The summed E-state index contributed by atoms with van der Waals surface area (Å²) in [7, 11) is 0. The summed E-state index contributed by atoms with van der Waals surface area (Å²) < 4.78 is 0. The fourth-order valence-corrected chi connectivity index (χ4v) is 1.01. The quantitative estimate of drug-likeness (QED) is 0.511. The van der Waals surface area contributed by atoms with E-state index in [-0.39, 0.29) is 6.61 Å². The van der Waals surface area contributed by atoms with Crippen LogP contribution in [0.25, 0.3) is 0 Å². The van der Waals surface area contributed by atoms with Crippen LogP contribution in [0.2, 0.25) is 0 Å². The molecule has 10 heavy (non-hydrogen) atoms. The molecule has 0 saturated carbocycles. The fourth-order valence-electron chi connectivity index (χ4n) is 1.01. The highest BCUT2D eigenvalue weighted by Crippen LogP contribution is 1.99. The number of rotatable bonds is 3. The van der Waals surface area contributed by atoms with Gasteiger partial charge in [0, 0.05) is 6.54 Å². The second-order valence-electron chi connectivity index (χ2n) is 2.38. The summed E-state index contributed by atoms with van der Waals surface area (Å²) in [6.45, 7) is 0.882. The molecular formula is C7H14N2O. The van der Waals surface area contributed by atoms with Crippen LogP contribution in [0.3, 0.4) is 0 Å². The van der Waals surface area contributed by atoms with Crippen LogP contribution in [0.1, 0.15) is 12.8 Å². The van der Waals surface area contributed by atoms with Gasteiger partial charge >= 0.3 is 0 Å². The highest BCUT2D eigenvalue weighted by atomic mass is 16.3. The molecule has 1 aliphatic heterocycles. The van der Waals surface area contributed by atoms with Gasteiger partial charge in [-0.3, -0.25) is 5.32 Å². The third-order valence-electron chi connectivity index (χ3n) is 1.54. The van der Waals surface area contributed by atoms with Crippen molar-refractivity contribution < 1.29 is 5.11 Å². The van der Waals surface area contributed by atoms with Gasteiger partial charge in [-0.1, -0.05) is 6.08 Å². The predicted octanol–water partition coefficient (Wildman–Crippen LogP) is -0.209. The van der Waals surface area contributed by atoms with Crippen molar-refractivity contribution in [3.05, 3.63) is 12.3 Å². The SMILES string of the molecule is OCCNC1CCC=CN1. The van der Waals surface area contributed by atoms with Crippen LogP contribution >= 0.6 is 0 Å². The minimum atomic E-state index is 0.210. The molecule has 3 nitrogen and oxygen atoms in total. The molecule has 0 radical (unpaired) electrons. The molecule has 0 fully saturated rings. The van der Waals surface area contributed by atoms with Crippen LogP contribution in [-0.4, -0.2) is 24.4 Å². The van der Waals surface area contributed by atoms with E-state index < -0.39 is 0 Å². The smallest absolute Gasteiger partial charge is 0.0766 e. The summed E-state index contributed by atoms with van der Waals surface area (Å²) in [4.78, 5) is 0. The summed E-state index contributed by atoms with van der Waals surface area (Å²) in [5.74, 6) is 0. The summed E-state index contributed by atoms with van der Waals surface area (Å²) in [6.07, 6.45) is 6.65. The fraction of sp³-hybridized carbons (Fsp3) is 0.714. The Morgan fingerprint density at radius 1 is 1.70 bits per heavy atom. The van der Waals surface area contributed by atoms with Crippen LogP contribution in [0.4, 0.5) is 0 Å². The average Bonchev–Trinajstić information content (AvgIpc) is 2.03. The predicted molar refractivity (Wildman–Crippen MR) is 40.4 cm³/mol. The number of allylic oxidation sites excluding steroid dienone is 1. The van der Waals surface area contributed by atoms with Crippen LogP contribution < -0.4 is 10.6 Å². The monoisotopic (exact) mass is 142 g/mol. The number of hydrogen-bond donors (Lipinski definition) is 3. The molecule has 1 atom stereocenters. The van der Waals surface area contributed by atoms with E-state index in [1.165, 1.54) is 0 Å². The molecule has 0 spiro atoms. The maximum absolute atomic E-state index is 8.49. The molecule has 3 N–H and O–H groups in total. The zero-order valence-corrected chi connectivity index (χ0v) is 6.01. The van der Waals surface area contributed by atoms with Gasteiger partial charge in [0.2, 0.25) is 0 Å². The molecule has 58 valence electrons. The first-order valence-electron chi connectivity index (χ1n) is 3.69. The van der Waals surface area contributed by atoms with E-state index in [1.807, 2.05) is 6.20 Å². The molecular weight excluding hydrogens is 128 g/mol. The number of aliphatic hydroxyl groups is 1. The summed E-state index contributed by atoms with van der Waals surface area (Å²) in [5.41, 5.74) is 0. The third-order valence-corrected chi connectivity index (χ3v) is 1.54. The van der Waals surface area contributed by atoms with Gasteiger partial charge in [0.15, 0.2) is 0 Å². The lowest BCUT2D eigenvalue weighted by Gasteiger charge is -2.20. The van der Waals surface area contributed by atoms with E-state index in [2.05, 4.69) is 16.7 Å². The van der Waals surface area contributed by atoms with E-state index in [0.29, 0.717) is 12.7 Å². The Labute approximate surface area is 61.1 Å². The van der Waals surface area contributed by atoms with Crippen LogP contribution in [0.5, 0.6) is 0 Å². The standard InChI is InChI=1S/C7H14N2O/c10-6-5-9-7-3-1-2-4-8-7/h2,4,7-10H,1,3,5-6H2. The second kappa shape index (κ2) is 4.30. The third kappa shape index (κ3) is 2.37. The van der Waals surface area contributed by atoms with Crippen molar-refractivity contribution in [2.75, 3.05) is 13.2 Å². The maximum Gasteiger partial charge on any atom is 0.0766 e. The normalized spacial score (nSPS) is 24.3. The van der Waals surface area contributed by atoms with E-state index in [9.17, 15) is 0 Å². The molecule has 1 heterocycles. The number of hydrogen-bond acceptors (Lipinski definition) is 3. The van der Waals surface area contributed by atoms with Crippen molar-refractivity contribution in [2.24, 2.45) is 0 Å². The largest absolute Gasteiger partial charge is 0.395 e. The van der Waals surface area contributed by atoms with Gasteiger partial charge in [0.05, 0.1) is 12.8 Å². The van der Waals surface area contributed by atoms with Gasteiger partial charge in [-0.15, -0.1) is 0 Å². The minimum Gasteiger partial charge on any atom is -0.395 e. The lowest BCUT2D eigenvalue weighted by molar-refractivity contribution is 0.277. The lowest BCUT2D eigenvalue weighted by atomic mass is 10.2. The van der Waals surface area contributed by atoms with Crippen molar-refractivity contribution in [3.8, 4) is 0 Å². The van der Waals surface area contributed by atoms with Gasteiger partial charge < -0.3 is 10.4 Å². The zero-order chi connectivity index (χ0) is 7.23. The molecule has 0 aromatic rings. The zero-order valence-electron chi connectivity index (χ0n) is 6.01. The topological polar surface area (TPSA) is 44.3 Å². The molecule has 0 saturated heterocycles. The Morgan fingerprint density at radius 2 is 2.60 bits per heavy atom. The van der Waals surface area contributed by atoms with Crippen LogP contribution in [-0.2, 0) is 0 Å². The molecule has 0 bridgehead atoms. The van der Waals surface area contributed by atoms with E-state index >= 15 is 0 Å². The van der Waals surface area contributed by atoms with E-state index in [4.69, 9.17) is 5.11 Å². The molecule has 0 amide bonds. The highest BCUT2D eigenvalue weighted by molar-refractivity contribution is 4.88. The average molecular weight is 142 g/mol. The minimum absolute atomic E-state index is 0.210. The molecule has 0 aromatic heterocycles. The first-order valence-corrected chi connectivity index (χ1v) is 3.69. The Kier molecular flexibility index (Phi) is 3.26. The summed E-state index contributed by atoms with van der Waals surface area (Å²) in [5, 5.41) is 14.8.